The highest BCUT2D eigenvalue weighted by atomic mass is 32.2. The van der Waals surface area contributed by atoms with Crippen LogP contribution in [-0.2, 0) is 14.5 Å². The number of halogens is 2. The van der Waals surface area contributed by atoms with Gasteiger partial charge in [0.25, 0.3) is 5.92 Å². The number of rotatable bonds is 3. The zero-order chi connectivity index (χ0) is 20.9. The maximum absolute atomic E-state index is 13.3. The first kappa shape index (κ1) is 19.4. The summed E-state index contributed by atoms with van der Waals surface area (Å²) < 4.78 is 49.1. The van der Waals surface area contributed by atoms with E-state index < -0.39 is 27.2 Å². The number of aromatic nitrogens is 3. The fraction of sp³-hybridized carbons (Fsp3) is 0.400. The molecule has 0 aliphatic carbocycles. The minimum Gasteiger partial charge on any atom is -0.377 e. The molecular formula is C20H21F2N5O2S. The molecule has 30 heavy (non-hydrogen) atoms. The predicted molar refractivity (Wildman–Crippen MR) is 112 cm³/mol. The maximum atomic E-state index is 13.3. The predicted octanol–water partition coefficient (Wildman–Crippen LogP) is 3.60. The van der Waals surface area contributed by atoms with Crippen LogP contribution in [0.25, 0.3) is 22.3 Å². The summed E-state index contributed by atoms with van der Waals surface area (Å²) in [6.07, 6.45) is 3.48. The number of alkyl halides is 2. The number of anilines is 1. The average Bonchev–Trinajstić information content (AvgIpc) is 3.15. The van der Waals surface area contributed by atoms with E-state index in [1.54, 1.807) is 18.5 Å². The SMILES string of the molecule is C[C@@H]1COCCN1c1cc(N=S2(=O)CC(F)(F)C2)nc(-c2ccnc3[nH]ccc23)c1. The number of aromatic amines is 1. The lowest BCUT2D eigenvalue weighted by Crippen LogP contribution is -2.47. The molecule has 0 radical (unpaired) electrons. The van der Waals surface area contributed by atoms with Crippen molar-refractivity contribution in [1.82, 2.24) is 15.0 Å². The van der Waals surface area contributed by atoms with Crippen molar-refractivity contribution in [2.75, 3.05) is 36.2 Å². The molecule has 158 valence electrons. The molecule has 5 heterocycles. The number of nitrogens with one attached hydrogen (secondary N) is 1. The fourth-order valence-corrected chi connectivity index (χ4v) is 5.80. The molecule has 1 N–H and O–H groups in total. The summed E-state index contributed by atoms with van der Waals surface area (Å²) in [6.45, 7) is 3.92. The summed E-state index contributed by atoms with van der Waals surface area (Å²) in [5.41, 5.74) is 3.05. The van der Waals surface area contributed by atoms with Crippen LogP contribution in [0.15, 0.2) is 41.0 Å². The molecule has 10 heteroatoms. The summed E-state index contributed by atoms with van der Waals surface area (Å²) in [5.74, 6) is -4.14. The van der Waals surface area contributed by atoms with Gasteiger partial charge < -0.3 is 14.6 Å². The fourth-order valence-electron chi connectivity index (χ4n) is 4.00. The summed E-state index contributed by atoms with van der Waals surface area (Å²) in [4.78, 5) is 14.1. The highest BCUT2D eigenvalue weighted by molar-refractivity contribution is 7.95. The minimum atomic E-state index is -2.99. The third-order valence-corrected chi connectivity index (χ3v) is 7.63. The summed E-state index contributed by atoms with van der Waals surface area (Å²) in [6, 6.07) is 7.57. The molecule has 2 saturated heterocycles. The monoisotopic (exact) mass is 433 g/mol. The van der Waals surface area contributed by atoms with E-state index in [0.29, 0.717) is 25.5 Å². The number of ether oxygens (including phenoxy) is 1. The van der Waals surface area contributed by atoms with Gasteiger partial charge in [0.1, 0.15) is 5.65 Å². The molecule has 5 rings (SSSR count). The highest BCUT2D eigenvalue weighted by Gasteiger charge is 2.48. The van der Waals surface area contributed by atoms with E-state index in [1.807, 2.05) is 18.2 Å². The molecule has 1 atom stereocenters. The normalized spacial score (nSPS) is 22.6. The van der Waals surface area contributed by atoms with E-state index >= 15 is 0 Å². The Morgan fingerprint density at radius 2 is 2.17 bits per heavy atom. The highest BCUT2D eigenvalue weighted by Crippen LogP contribution is 2.36. The Hall–Kier alpha value is -2.59. The van der Waals surface area contributed by atoms with E-state index in [-0.39, 0.29) is 11.9 Å². The number of morpholine rings is 1. The topological polar surface area (TPSA) is 83.5 Å². The Kier molecular flexibility index (Phi) is 4.51. The Balaban J connectivity index is 1.65. The van der Waals surface area contributed by atoms with Gasteiger partial charge in [-0.05, 0) is 25.1 Å². The number of hydrogen-bond donors (Lipinski definition) is 1. The summed E-state index contributed by atoms with van der Waals surface area (Å²) in [5, 5.41) is 0.891. The van der Waals surface area contributed by atoms with Crippen LogP contribution in [0.4, 0.5) is 20.3 Å². The van der Waals surface area contributed by atoms with Gasteiger partial charge in [-0.15, -0.1) is 0 Å². The maximum Gasteiger partial charge on any atom is 0.272 e. The van der Waals surface area contributed by atoms with Crippen LogP contribution in [0, 0.1) is 0 Å². The second kappa shape index (κ2) is 6.98. The summed E-state index contributed by atoms with van der Waals surface area (Å²) >= 11 is 0. The third-order valence-electron chi connectivity index (χ3n) is 5.37. The molecule has 0 saturated carbocycles. The van der Waals surface area contributed by atoms with Crippen molar-refractivity contribution < 1.29 is 17.7 Å². The second-order valence-corrected chi connectivity index (χ2v) is 10.1. The van der Waals surface area contributed by atoms with Crippen LogP contribution in [0.1, 0.15) is 6.92 Å². The van der Waals surface area contributed by atoms with Gasteiger partial charge in [-0.1, -0.05) is 0 Å². The number of nitrogens with zero attached hydrogens (tertiary/aromatic N) is 4. The van der Waals surface area contributed by atoms with E-state index in [4.69, 9.17) is 4.74 Å². The van der Waals surface area contributed by atoms with Crippen molar-refractivity contribution in [3.05, 3.63) is 36.7 Å². The average molecular weight is 433 g/mol. The Morgan fingerprint density at radius 3 is 2.93 bits per heavy atom. The van der Waals surface area contributed by atoms with Gasteiger partial charge in [-0.2, -0.15) is 4.36 Å². The first-order chi connectivity index (χ1) is 14.3. The lowest BCUT2D eigenvalue weighted by molar-refractivity contribution is 0.0371. The summed E-state index contributed by atoms with van der Waals surface area (Å²) in [7, 11) is -2.99. The number of hydrogen-bond acceptors (Lipinski definition) is 6. The molecule has 3 aromatic heterocycles. The van der Waals surface area contributed by atoms with Crippen molar-refractivity contribution in [3.63, 3.8) is 0 Å². The van der Waals surface area contributed by atoms with Crippen LogP contribution in [0.5, 0.6) is 0 Å². The number of pyridine rings is 2. The van der Waals surface area contributed by atoms with Crippen LogP contribution in [-0.4, -0.2) is 62.4 Å². The van der Waals surface area contributed by atoms with Gasteiger partial charge in [0.05, 0.1) is 40.1 Å². The van der Waals surface area contributed by atoms with Crippen molar-refractivity contribution in [1.29, 1.82) is 0 Å². The van der Waals surface area contributed by atoms with E-state index in [1.165, 1.54) is 0 Å². The van der Waals surface area contributed by atoms with Crippen molar-refractivity contribution >= 4 is 32.3 Å². The van der Waals surface area contributed by atoms with Crippen molar-refractivity contribution in [2.45, 2.75) is 18.9 Å². The molecule has 3 aromatic rings. The van der Waals surface area contributed by atoms with Gasteiger partial charge in [-0.3, -0.25) is 0 Å². The van der Waals surface area contributed by atoms with E-state index in [2.05, 4.69) is 31.1 Å². The lowest BCUT2D eigenvalue weighted by atomic mass is 10.1. The minimum absolute atomic E-state index is 0.133. The largest absolute Gasteiger partial charge is 0.377 e. The molecule has 0 aromatic carbocycles. The second-order valence-electron chi connectivity index (χ2n) is 7.79. The van der Waals surface area contributed by atoms with Gasteiger partial charge in [0.15, 0.2) is 5.82 Å². The molecule has 0 spiro atoms. The van der Waals surface area contributed by atoms with Crippen molar-refractivity contribution in [2.24, 2.45) is 4.36 Å². The smallest absolute Gasteiger partial charge is 0.272 e. The molecule has 2 aliphatic heterocycles. The van der Waals surface area contributed by atoms with Crippen LogP contribution in [0.3, 0.4) is 0 Å². The Labute approximate surface area is 172 Å². The lowest BCUT2D eigenvalue weighted by Gasteiger charge is -2.35. The van der Waals surface area contributed by atoms with Crippen molar-refractivity contribution in [3.8, 4) is 11.3 Å². The van der Waals surface area contributed by atoms with Gasteiger partial charge in [0, 0.05) is 47.7 Å². The Bertz CT molecular complexity index is 1220. The van der Waals surface area contributed by atoms with Gasteiger partial charge in [-0.25, -0.2) is 23.0 Å². The van der Waals surface area contributed by atoms with Crippen LogP contribution in [0.2, 0.25) is 0 Å². The molecule has 7 nitrogen and oxygen atoms in total. The Morgan fingerprint density at radius 1 is 1.33 bits per heavy atom. The zero-order valence-electron chi connectivity index (χ0n) is 16.3. The molecule has 0 bridgehead atoms. The zero-order valence-corrected chi connectivity index (χ0v) is 17.2. The quantitative estimate of drug-likeness (QED) is 0.682. The number of H-pyrrole nitrogens is 1. The van der Waals surface area contributed by atoms with Gasteiger partial charge in [0.2, 0.25) is 0 Å². The van der Waals surface area contributed by atoms with Gasteiger partial charge >= 0.3 is 0 Å². The number of fused-ring (bicyclic) bond motifs is 1. The van der Waals surface area contributed by atoms with Crippen LogP contribution < -0.4 is 4.90 Å². The molecule has 2 fully saturated rings. The standard InChI is InChI=1S/C20H21F2N5O2S/c1-13-10-29-7-6-27(13)14-8-17(15-2-4-23-19-16(15)3-5-24-19)25-18(9-14)26-30(28)11-20(21,22)12-30/h2-5,8-9,13H,6-7,10-12H2,1H3,(H,23,24)/t13-/m1/s1. The first-order valence-electron chi connectivity index (χ1n) is 9.71. The van der Waals surface area contributed by atoms with E-state index in [0.717, 1.165) is 22.3 Å². The van der Waals surface area contributed by atoms with Crippen LogP contribution >= 0.6 is 0 Å². The first-order valence-corrected chi connectivity index (χ1v) is 11.6. The molecular weight excluding hydrogens is 412 g/mol. The molecule has 0 amide bonds. The molecule has 0 unspecified atom stereocenters. The van der Waals surface area contributed by atoms with E-state index in [9.17, 15) is 13.0 Å². The third kappa shape index (κ3) is 3.54. The molecule has 2 aliphatic rings.